The summed E-state index contributed by atoms with van der Waals surface area (Å²) < 4.78 is 0. The van der Waals surface area contributed by atoms with Gasteiger partial charge >= 0.3 is 0 Å². The summed E-state index contributed by atoms with van der Waals surface area (Å²) in [6.45, 7) is 3.85. The van der Waals surface area contributed by atoms with Crippen LogP contribution >= 0.6 is 11.3 Å². The lowest BCUT2D eigenvalue weighted by molar-refractivity contribution is 0.103. The van der Waals surface area contributed by atoms with Crippen LogP contribution in [0.2, 0.25) is 0 Å². The standard InChI is InChI=1S/C13H12N4OS/c1-7-3-4-19-11(7)13(18)15-9-5-10-8(2)16-17-12(10)14-6-9/h3-6H,1-2H3,(H,15,18)(H,14,16,17). The molecule has 0 aliphatic heterocycles. The zero-order valence-corrected chi connectivity index (χ0v) is 11.3. The first-order chi connectivity index (χ1) is 9.15. The molecule has 3 aromatic rings. The van der Waals surface area contributed by atoms with Crippen molar-refractivity contribution in [2.24, 2.45) is 0 Å². The van der Waals surface area contributed by atoms with E-state index in [1.54, 1.807) is 6.20 Å². The van der Waals surface area contributed by atoms with Crippen molar-refractivity contribution in [1.82, 2.24) is 15.2 Å². The van der Waals surface area contributed by atoms with Gasteiger partial charge < -0.3 is 5.32 Å². The van der Waals surface area contributed by atoms with Gasteiger partial charge in [0.2, 0.25) is 0 Å². The minimum absolute atomic E-state index is 0.102. The molecular formula is C13H12N4OS. The predicted octanol–water partition coefficient (Wildman–Crippen LogP) is 2.89. The average Bonchev–Trinajstić information content (AvgIpc) is 2.97. The summed E-state index contributed by atoms with van der Waals surface area (Å²) in [4.78, 5) is 17.0. The van der Waals surface area contributed by atoms with Crippen LogP contribution in [0.4, 0.5) is 5.69 Å². The van der Waals surface area contributed by atoms with Crippen molar-refractivity contribution in [3.05, 3.63) is 39.8 Å². The molecule has 6 heteroatoms. The molecule has 96 valence electrons. The van der Waals surface area contributed by atoms with Crippen LogP contribution in [0.1, 0.15) is 20.9 Å². The van der Waals surface area contributed by atoms with Gasteiger partial charge in [0.25, 0.3) is 5.91 Å². The first-order valence-corrected chi connectivity index (χ1v) is 6.69. The number of aromatic nitrogens is 3. The average molecular weight is 272 g/mol. The van der Waals surface area contributed by atoms with Crippen molar-refractivity contribution in [3.8, 4) is 0 Å². The molecule has 1 amide bonds. The molecule has 0 aromatic carbocycles. The Morgan fingerprint density at radius 3 is 3.00 bits per heavy atom. The molecule has 0 fully saturated rings. The van der Waals surface area contributed by atoms with E-state index in [9.17, 15) is 4.79 Å². The lowest BCUT2D eigenvalue weighted by atomic mass is 10.2. The highest BCUT2D eigenvalue weighted by molar-refractivity contribution is 7.12. The SMILES string of the molecule is Cc1ccsc1C(=O)Nc1cnc2n[nH]c(C)c2c1. The van der Waals surface area contributed by atoms with Crippen LogP contribution in [0.15, 0.2) is 23.7 Å². The highest BCUT2D eigenvalue weighted by atomic mass is 32.1. The van der Waals surface area contributed by atoms with Crippen LogP contribution in [0, 0.1) is 13.8 Å². The normalized spacial score (nSPS) is 10.8. The van der Waals surface area contributed by atoms with Gasteiger partial charge in [0.05, 0.1) is 16.8 Å². The molecule has 3 heterocycles. The van der Waals surface area contributed by atoms with Crippen molar-refractivity contribution in [2.45, 2.75) is 13.8 Å². The van der Waals surface area contributed by atoms with Crippen molar-refractivity contribution >= 4 is 34.0 Å². The predicted molar refractivity (Wildman–Crippen MR) is 75.6 cm³/mol. The first-order valence-electron chi connectivity index (χ1n) is 5.81. The number of carbonyl (C=O) groups excluding carboxylic acids is 1. The number of nitrogens with zero attached hydrogens (tertiary/aromatic N) is 2. The van der Waals surface area contributed by atoms with E-state index in [-0.39, 0.29) is 5.91 Å². The maximum Gasteiger partial charge on any atom is 0.266 e. The number of carbonyl (C=O) groups is 1. The minimum atomic E-state index is -0.102. The fourth-order valence-corrected chi connectivity index (χ4v) is 2.70. The number of thiophene rings is 1. The second-order valence-electron chi connectivity index (χ2n) is 4.33. The van der Waals surface area contributed by atoms with Gasteiger partial charge in [0.1, 0.15) is 0 Å². The summed E-state index contributed by atoms with van der Waals surface area (Å²) in [6, 6.07) is 3.81. The number of aryl methyl sites for hydroxylation is 2. The highest BCUT2D eigenvalue weighted by Gasteiger charge is 2.11. The third kappa shape index (κ3) is 2.10. The summed E-state index contributed by atoms with van der Waals surface area (Å²) in [7, 11) is 0. The number of hydrogen-bond acceptors (Lipinski definition) is 4. The van der Waals surface area contributed by atoms with Gasteiger partial charge in [-0.15, -0.1) is 11.3 Å². The van der Waals surface area contributed by atoms with E-state index in [2.05, 4.69) is 20.5 Å². The second-order valence-corrected chi connectivity index (χ2v) is 5.25. The third-order valence-corrected chi connectivity index (χ3v) is 3.94. The summed E-state index contributed by atoms with van der Waals surface area (Å²) >= 11 is 1.43. The summed E-state index contributed by atoms with van der Waals surface area (Å²) in [5.74, 6) is -0.102. The monoisotopic (exact) mass is 272 g/mol. The maximum atomic E-state index is 12.1. The number of nitrogens with one attached hydrogen (secondary N) is 2. The van der Waals surface area contributed by atoms with Crippen LogP contribution in [-0.4, -0.2) is 21.1 Å². The first kappa shape index (κ1) is 11.9. The van der Waals surface area contributed by atoms with E-state index in [4.69, 9.17) is 0 Å². The minimum Gasteiger partial charge on any atom is -0.320 e. The van der Waals surface area contributed by atoms with Crippen LogP contribution in [-0.2, 0) is 0 Å². The van der Waals surface area contributed by atoms with Gasteiger partial charge in [-0.25, -0.2) is 4.98 Å². The molecule has 0 bridgehead atoms. The lowest BCUT2D eigenvalue weighted by Gasteiger charge is -2.04. The largest absolute Gasteiger partial charge is 0.320 e. The molecule has 0 radical (unpaired) electrons. The van der Waals surface area contributed by atoms with E-state index >= 15 is 0 Å². The Morgan fingerprint density at radius 1 is 1.42 bits per heavy atom. The molecule has 0 saturated carbocycles. The molecule has 2 N–H and O–H groups in total. The van der Waals surface area contributed by atoms with Crippen LogP contribution in [0.25, 0.3) is 11.0 Å². The van der Waals surface area contributed by atoms with Crippen molar-refractivity contribution in [3.63, 3.8) is 0 Å². The second kappa shape index (κ2) is 4.47. The zero-order valence-electron chi connectivity index (χ0n) is 10.5. The smallest absolute Gasteiger partial charge is 0.266 e. The fourth-order valence-electron chi connectivity index (χ4n) is 1.88. The number of rotatable bonds is 2. The molecule has 0 atom stereocenters. The Morgan fingerprint density at radius 2 is 2.26 bits per heavy atom. The number of amides is 1. The van der Waals surface area contributed by atoms with Crippen LogP contribution in [0.3, 0.4) is 0 Å². The van der Waals surface area contributed by atoms with E-state index in [1.165, 1.54) is 11.3 Å². The van der Waals surface area contributed by atoms with Gasteiger partial charge in [0, 0.05) is 11.1 Å². The molecule has 19 heavy (non-hydrogen) atoms. The molecule has 0 aliphatic rings. The Balaban J connectivity index is 1.91. The Labute approximate surface area is 113 Å². The van der Waals surface area contributed by atoms with Crippen molar-refractivity contribution in [2.75, 3.05) is 5.32 Å². The van der Waals surface area contributed by atoms with Gasteiger partial charge in [-0.1, -0.05) is 0 Å². The summed E-state index contributed by atoms with van der Waals surface area (Å²) in [5.41, 5.74) is 3.25. The zero-order chi connectivity index (χ0) is 13.4. The molecule has 0 spiro atoms. The number of aromatic amines is 1. The van der Waals surface area contributed by atoms with Crippen LogP contribution in [0.5, 0.6) is 0 Å². The fraction of sp³-hybridized carbons (Fsp3) is 0.154. The van der Waals surface area contributed by atoms with Gasteiger partial charge in [-0.3, -0.25) is 9.89 Å². The molecule has 3 rings (SSSR count). The number of fused-ring (bicyclic) bond motifs is 1. The third-order valence-electron chi connectivity index (χ3n) is 2.93. The van der Waals surface area contributed by atoms with E-state index in [0.717, 1.165) is 21.5 Å². The lowest BCUT2D eigenvalue weighted by Crippen LogP contribution is -2.11. The number of H-pyrrole nitrogens is 1. The summed E-state index contributed by atoms with van der Waals surface area (Å²) in [5, 5.41) is 12.6. The Bertz CT molecular complexity index is 759. The molecule has 0 unspecified atom stereocenters. The maximum absolute atomic E-state index is 12.1. The van der Waals surface area contributed by atoms with Gasteiger partial charge in [-0.2, -0.15) is 5.10 Å². The summed E-state index contributed by atoms with van der Waals surface area (Å²) in [6.07, 6.45) is 1.61. The van der Waals surface area contributed by atoms with E-state index in [1.807, 2.05) is 31.4 Å². The van der Waals surface area contributed by atoms with Crippen molar-refractivity contribution in [1.29, 1.82) is 0 Å². The number of hydrogen-bond donors (Lipinski definition) is 2. The molecule has 3 aromatic heterocycles. The topological polar surface area (TPSA) is 70.7 Å². The Kier molecular flexibility index (Phi) is 2.79. The van der Waals surface area contributed by atoms with Crippen molar-refractivity contribution < 1.29 is 4.79 Å². The molecular weight excluding hydrogens is 260 g/mol. The molecule has 0 aliphatic carbocycles. The molecule has 0 saturated heterocycles. The van der Waals surface area contributed by atoms with Gasteiger partial charge in [-0.05, 0) is 36.9 Å². The van der Waals surface area contributed by atoms with Crippen LogP contribution < -0.4 is 5.32 Å². The molecule has 5 nitrogen and oxygen atoms in total. The quantitative estimate of drug-likeness (QED) is 0.753. The Hall–Kier alpha value is -2.21. The highest BCUT2D eigenvalue weighted by Crippen LogP contribution is 2.20. The number of pyridine rings is 1. The van der Waals surface area contributed by atoms with Gasteiger partial charge in [0.15, 0.2) is 5.65 Å². The van der Waals surface area contributed by atoms with E-state index in [0.29, 0.717) is 11.3 Å². The number of anilines is 1. The van der Waals surface area contributed by atoms with E-state index < -0.39 is 0 Å².